The highest BCUT2D eigenvalue weighted by Crippen LogP contribution is 2.33. The van der Waals surface area contributed by atoms with Gasteiger partial charge in [0.05, 0.1) is 0 Å². The van der Waals surface area contributed by atoms with Gasteiger partial charge in [0, 0.05) is 11.1 Å². The second-order valence-electron chi connectivity index (χ2n) is 3.86. The van der Waals surface area contributed by atoms with Gasteiger partial charge in [-0.3, -0.25) is 4.79 Å². The molecule has 0 saturated heterocycles. The molecule has 0 spiro atoms. The van der Waals surface area contributed by atoms with Crippen LogP contribution in [-0.2, 0) is 0 Å². The lowest BCUT2D eigenvalue weighted by atomic mass is 10.1. The number of fused-ring (bicyclic) bond motifs is 4. The minimum atomic E-state index is -0.153. The molecule has 3 aromatic rings. The van der Waals surface area contributed by atoms with E-state index in [1.807, 2.05) is 18.2 Å². The van der Waals surface area contributed by atoms with Gasteiger partial charge in [-0.2, -0.15) is 9.61 Å². The van der Waals surface area contributed by atoms with E-state index in [4.69, 9.17) is 11.6 Å². The topological polar surface area (TPSA) is 73.0 Å². The lowest BCUT2D eigenvalue weighted by Gasteiger charge is -1.97. The molecule has 86 valence electrons. The zero-order chi connectivity index (χ0) is 12.3. The van der Waals surface area contributed by atoms with Crippen molar-refractivity contribution in [2.75, 3.05) is 0 Å². The molecule has 0 aliphatic heterocycles. The fourth-order valence-corrected chi connectivity index (χ4v) is 2.22. The Kier molecular flexibility index (Phi) is 1.67. The number of hydrogen-bond donors (Lipinski definition) is 0. The zero-order valence-corrected chi connectivity index (χ0v) is 9.59. The van der Waals surface area contributed by atoms with Crippen LogP contribution >= 0.6 is 11.6 Å². The van der Waals surface area contributed by atoms with Crippen LogP contribution in [0.2, 0.25) is 5.28 Å². The van der Waals surface area contributed by atoms with Crippen LogP contribution < -0.4 is 0 Å². The van der Waals surface area contributed by atoms with Gasteiger partial charge in [-0.1, -0.05) is 24.3 Å². The third-order valence-corrected chi connectivity index (χ3v) is 3.10. The van der Waals surface area contributed by atoms with Crippen molar-refractivity contribution in [3.05, 3.63) is 40.8 Å². The number of hydrogen-bond acceptors (Lipinski definition) is 5. The molecule has 4 rings (SSSR count). The summed E-state index contributed by atoms with van der Waals surface area (Å²) in [6.07, 6.45) is 0. The molecule has 0 amide bonds. The summed E-state index contributed by atoms with van der Waals surface area (Å²) >= 11 is 5.81. The molecule has 7 heteroatoms. The Labute approximate surface area is 105 Å². The summed E-state index contributed by atoms with van der Waals surface area (Å²) in [4.78, 5) is 16.5. The van der Waals surface area contributed by atoms with E-state index in [1.165, 1.54) is 4.52 Å². The molecule has 2 aromatic heterocycles. The van der Waals surface area contributed by atoms with Gasteiger partial charge in [-0.05, 0) is 11.6 Å². The highest BCUT2D eigenvalue weighted by molar-refractivity contribution is 6.28. The van der Waals surface area contributed by atoms with Gasteiger partial charge >= 0.3 is 0 Å². The lowest BCUT2D eigenvalue weighted by Crippen LogP contribution is -2.05. The van der Waals surface area contributed by atoms with Crippen molar-refractivity contribution in [2.24, 2.45) is 0 Å². The van der Waals surface area contributed by atoms with Gasteiger partial charge in [0.15, 0.2) is 5.69 Å². The van der Waals surface area contributed by atoms with Crippen molar-refractivity contribution >= 4 is 23.2 Å². The Balaban J connectivity index is 2.14. The van der Waals surface area contributed by atoms with E-state index in [1.54, 1.807) is 6.07 Å². The third kappa shape index (κ3) is 1.05. The van der Waals surface area contributed by atoms with Gasteiger partial charge in [0.1, 0.15) is 5.69 Å². The Bertz CT molecular complexity index is 825. The molecule has 6 nitrogen and oxygen atoms in total. The van der Waals surface area contributed by atoms with Crippen LogP contribution in [0.5, 0.6) is 0 Å². The smallest absolute Gasteiger partial charge is 0.273 e. The molecule has 1 aromatic carbocycles. The van der Waals surface area contributed by atoms with Crippen LogP contribution in [0, 0.1) is 0 Å². The summed E-state index contributed by atoms with van der Waals surface area (Å²) in [6, 6.07) is 7.25. The Morgan fingerprint density at radius 1 is 1.06 bits per heavy atom. The van der Waals surface area contributed by atoms with E-state index in [0.717, 1.165) is 5.56 Å². The summed E-state index contributed by atoms with van der Waals surface area (Å²) in [5, 5.41) is 11.7. The second-order valence-corrected chi connectivity index (χ2v) is 4.20. The maximum Gasteiger partial charge on any atom is 0.273 e. The largest absolute Gasteiger partial charge is 0.287 e. The van der Waals surface area contributed by atoms with Crippen LogP contribution in [0.3, 0.4) is 0 Å². The molecule has 0 bridgehead atoms. The number of ketones is 1. The van der Waals surface area contributed by atoms with Gasteiger partial charge in [0.2, 0.25) is 11.1 Å². The van der Waals surface area contributed by atoms with Crippen LogP contribution in [0.1, 0.15) is 16.1 Å². The number of halogens is 1. The Morgan fingerprint density at radius 3 is 2.67 bits per heavy atom. The third-order valence-electron chi connectivity index (χ3n) is 2.86. The number of carbonyl (C=O) groups is 1. The predicted octanol–water partition coefficient (Wildman–Crippen LogP) is 1.38. The van der Waals surface area contributed by atoms with Crippen molar-refractivity contribution in [1.82, 2.24) is 24.8 Å². The number of aromatic nitrogens is 5. The van der Waals surface area contributed by atoms with Crippen LogP contribution in [0.4, 0.5) is 0 Å². The standard InChI is InChI=1S/C11H4ClN5O/c12-10-14-15-11-13-7-5-3-1-2-4-6(5)9(18)8(7)16-17(10)11/h1-4H. The summed E-state index contributed by atoms with van der Waals surface area (Å²) in [6.45, 7) is 0. The predicted molar refractivity (Wildman–Crippen MR) is 62.5 cm³/mol. The first-order valence-corrected chi connectivity index (χ1v) is 5.56. The molecule has 1 aliphatic carbocycles. The molecule has 1 aliphatic rings. The van der Waals surface area contributed by atoms with Gasteiger partial charge in [-0.25, -0.2) is 4.98 Å². The van der Waals surface area contributed by atoms with Gasteiger partial charge in [-0.15, -0.1) is 10.2 Å². The molecule has 0 unspecified atom stereocenters. The number of carbonyl (C=O) groups excluding carboxylic acids is 1. The zero-order valence-electron chi connectivity index (χ0n) is 8.83. The van der Waals surface area contributed by atoms with Crippen molar-refractivity contribution in [2.45, 2.75) is 0 Å². The Morgan fingerprint density at radius 2 is 1.83 bits per heavy atom. The van der Waals surface area contributed by atoms with Gasteiger partial charge < -0.3 is 0 Å². The average molecular weight is 258 g/mol. The van der Waals surface area contributed by atoms with Crippen LogP contribution in [0.15, 0.2) is 24.3 Å². The fraction of sp³-hybridized carbons (Fsp3) is 0. The average Bonchev–Trinajstić information content (AvgIpc) is 2.90. The van der Waals surface area contributed by atoms with E-state index < -0.39 is 0 Å². The maximum atomic E-state index is 12.2. The molecular formula is C11H4ClN5O. The minimum Gasteiger partial charge on any atom is -0.287 e. The van der Waals surface area contributed by atoms with E-state index in [9.17, 15) is 4.79 Å². The van der Waals surface area contributed by atoms with Crippen molar-refractivity contribution in [1.29, 1.82) is 0 Å². The first-order valence-electron chi connectivity index (χ1n) is 5.19. The summed E-state index contributed by atoms with van der Waals surface area (Å²) in [5.41, 5.74) is 2.19. The van der Waals surface area contributed by atoms with Crippen molar-refractivity contribution in [3.8, 4) is 11.3 Å². The Hall–Kier alpha value is -2.34. The summed E-state index contributed by atoms with van der Waals surface area (Å²) in [5.74, 6) is 0.128. The molecule has 0 saturated carbocycles. The summed E-state index contributed by atoms with van der Waals surface area (Å²) < 4.78 is 1.25. The highest BCUT2D eigenvalue weighted by atomic mass is 35.5. The highest BCUT2D eigenvalue weighted by Gasteiger charge is 2.30. The monoisotopic (exact) mass is 257 g/mol. The van der Waals surface area contributed by atoms with Crippen molar-refractivity contribution in [3.63, 3.8) is 0 Å². The van der Waals surface area contributed by atoms with Gasteiger partial charge in [0.25, 0.3) is 5.78 Å². The number of benzene rings is 1. The molecule has 18 heavy (non-hydrogen) atoms. The van der Waals surface area contributed by atoms with Crippen LogP contribution in [0.25, 0.3) is 17.0 Å². The molecule has 0 radical (unpaired) electrons. The molecule has 0 fully saturated rings. The normalized spacial score (nSPS) is 12.8. The summed E-state index contributed by atoms with van der Waals surface area (Å²) in [7, 11) is 0. The van der Waals surface area contributed by atoms with Crippen LogP contribution in [-0.4, -0.2) is 30.6 Å². The van der Waals surface area contributed by atoms with E-state index in [2.05, 4.69) is 20.3 Å². The minimum absolute atomic E-state index is 0.0871. The molecule has 0 N–H and O–H groups in total. The maximum absolute atomic E-state index is 12.2. The first kappa shape index (κ1) is 9.67. The molecule has 2 heterocycles. The molecular weight excluding hydrogens is 254 g/mol. The van der Waals surface area contributed by atoms with Crippen molar-refractivity contribution < 1.29 is 4.79 Å². The number of nitrogens with zero attached hydrogens (tertiary/aromatic N) is 5. The second kappa shape index (κ2) is 3.11. The van der Waals surface area contributed by atoms with E-state index >= 15 is 0 Å². The number of rotatable bonds is 0. The van der Waals surface area contributed by atoms with E-state index in [0.29, 0.717) is 11.3 Å². The fourth-order valence-electron chi connectivity index (χ4n) is 2.07. The quantitative estimate of drug-likeness (QED) is 0.476. The SMILES string of the molecule is O=C1c2ccccc2-c2nc3nnc(Cl)n3nc21. The first-order chi connectivity index (χ1) is 8.75. The lowest BCUT2D eigenvalue weighted by molar-refractivity contribution is 0.103. The molecule has 0 atom stereocenters. The van der Waals surface area contributed by atoms with E-state index in [-0.39, 0.29) is 22.5 Å².